The van der Waals surface area contributed by atoms with Crippen molar-refractivity contribution in [3.8, 4) is 5.75 Å². The first-order valence-corrected chi connectivity index (χ1v) is 4.76. The largest absolute Gasteiger partial charge is 0.491 e. The van der Waals surface area contributed by atoms with Gasteiger partial charge in [-0.25, -0.2) is 4.79 Å². The maximum absolute atomic E-state index is 10.4. The van der Waals surface area contributed by atoms with Crippen LogP contribution in [0.5, 0.6) is 5.75 Å². The minimum Gasteiger partial charge on any atom is -0.491 e. The molecule has 0 saturated carbocycles. The highest BCUT2D eigenvalue weighted by molar-refractivity contribution is 5.84. The van der Waals surface area contributed by atoms with E-state index >= 15 is 0 Å². The summed E-state index contributed by atoms with van der Waals surface area (Å²) < 4.78 is 5.48. The molecular weight excluding hydrogens is 194 g/mol. The summed E-state index contributed by atoms with van der Waals surface area (Å²) in [4.78, 5) is 10.4. The Hall–Kier alpha value is -1.71. The van der Waals surface area contributed by atoms with Gasteiger partial charge in [-0.1, -0.05) is 0 Å². The molecule has 0 unspecified atom stereocenters. The normalized spacial score (nSPS) is 10.1. The average Bonchev–Trinajstić information content (AvgIpc) is 2.08. The fourth-order valence-electron chi connectivity index (χ4n) is 1.24. The molecule has 0 saturated heterocycles. The van der Waals surface area contributed by atoms with Crippen LogP contribution in [0.4, 0.5) is 10.5 Å². The first-order chi connectivity index (χ1) is 6.99. The highest BCUT2D eigenvalue weighted by atomic mass is 16.5. The minimum atomic E-state index is -1.06. The first-order valence-electron chi connectivity index (χ1n) is 4.76. The Morgan fingerprint density at radius 3 is 2.60 bits per heavy atom. The Morgan fingerprint density at radius 1 is 1.47 bits per heavy atom. The van der Waals surface area contributed by atoms with Crippen molar-refractivity contribution in [2.75, 3.05) is 5.32 Å². The van der Waals surface area contributed by atoms with E-state index in [-0.39, 0.29) is 6.10 Å². The molecule has 15 heavy (non-hydrogen) atoms. The van der Waals surface area contributed by atoms with Crippen LogP contribution in [0.25, 0.3) is 0 Å². The van der Waals surface area contributed by atoms with Gasteiger partial charge in [-0.3, -0.25) is 5.32 Å². The zero-order chi connectivity index (χ0) is 11.4. The van der Waals surface area contributed by atoms with Crippen molar-refractivity contribution in [3.63, 3.8) is 0 Å². The quantitative estimate of drug-likeness (QED) is 0.804. The summed E-state index contributed by atoms with van der Waals surface area (Å²) in [7, 11) is 0. The second-order valence-electron chi connectivity index (χ2n) is 3.57. The number of rotatable bonds is 3. The lowest BCUT2D eigenvalue weighted by atomic mass is 10.2. The van der Waals surface area contributed by atoms with Crippen LogP contribution >= 0.6 is 0 Å². The van der Waals surface area contributed by atoms with E-state index in [1.807, 2.05) is 26.8 Å². The number of carboxylic acid groups (broad SMARTS) is 1. The van der Waals surface area contributed by atoms with Gasteiger partial charge >= 0.3 is 6.09 Å². The highest BCUT2D eigenvalue weighted by Gasteiger charge is 2.04. The van der Waals surface area contributed by atoms with Crippen LogP contribution < -0.4 is 10.1 Å². The predicted molar refractivity (Wildman–Crippen MR) is 58.6 cm³/mol. The third-order valence-corrected chi connectivity index (χ3v) is 1.81. The van der Waals surface area contributed by atoms with Crippen LogP contribution in [0, 0.1) is 6.92 Å². The zero-order valence-corrected chi connectivity index (χ0v) is 9.07. The molecule has 0 atom stereocenters. The number of ether oxygens (including phenoxy) is 1. The lowest BCUT2D eigenvalue weighted by Gasteiger charge is -2.12. The fourth-order valence-corrected chi connectivity index (χ4v) is 1.24. The number of hydrogen-bond acceptors (Lipinski definition) is 2. The van der Waals surface area contributed by atoms with E-state index in [1.165, 1.54) is 0 Å². The van der Waals surface area contributed by atoms with Crippen molar-refractivity contribution in [3.05, 3.63) is 23.8 Å². The lowest BCUT2D eigenvalue weighted by molar-refractivity contribution is 0.209. The van der Waals surface area contributed by atoms with Crippen molar-refractivity contribution in [1.29, 1.82) is 0 Å². The topological polar surface area (TPSA) is 58.6 Å². The van der Waals surface area contributed by atoms with Crippen molar-refractivity contribution in [2.45, 2.75) is 26.9 Å². The van der Waals surface area contributed by atoms with Gasteiger partial charge in [-0.15, -0.1) is 0 Å². The van der Waals surface area contributed by atoms with E-state index in [0.717, 1.165) is 11.3 Å². The number of nitrogens with one attached hydrogen (secondary N) is 1. The van der Waals surface area contributed by atoms with Crippen LogP contribution in [0.3, 0.4) is 0 Å². The number of amides is 1. The Kier molecular flexibility index (Phi) is 3.55. The Labute approximate surface area is 88.9 Å². The third-order valence-electron chi connectivity index (χ3n) is 1.81. The van der Waals surface area contributed by atoms with Crippen molar-refractivity contribution >= 4 is 11.8 Å². The summed E-state index contributed by atoms with van der Waals surface area (Å²) >= 11 is 0. The third kappa shape index (κ3) is 3.50. The van der Waals surface area contributed by atoms with Gasteiger partial charge in [0.15, 0.2) is 0 Å². The smallest absolute Gasteiger partial charge is 0.409 e. The molecule has 4 heteroatoms. The van der Waals surface area contributed by atoms with Gasteiger partial charge in [0.1, 0.15) is 5.75 Å². The summed E-state index contributed by atoms with van der Waals surface area (Å²) in [5.74, 6) is 0.749. The highest BCUT2D eigenvalue weighted by Crippen LogP contribution is 2.21. The number of hydrogen-bond donors (Lipinski definition) is 2. The molecule has 1 amide bonds. The molecule has 1 aromatic carbocycles. The molecular formula is C11H15NO3. The molecule has 0 spiro atoms. The number of aryl methyl sites for hydroxylation is 1. The number of anilines is 1. The summed E-state index contributed by atoms with van der Waals surface area (Å²) in [5, 5.41) is 10.9. The summed E-state index contributed by atoms with van der Waals surface area (Å²) in [6, 6.07) is 5.25. The van der Waals surface area contributed by atoms with Crippen molar-refractivity contribution in [1.82, 2.24) is 0 Å². The Balaban J connectivity index is 2.83. The van der Waals surface area contributed by atoms with Crippen molar-refractivity contribution < 1.29 is 14.6 Å². The van der Waals surface area contributed by atoms with E-state index in [0.29, 0.717) is 5.69 Å². The SMILES string of the molecule is Cc1cc(OC(C)C)ccc1NC(=O)O. The maximum Gasteiger partial charge on any atom is 0.409 e. The predicted octanol–water partition coefficient (Wildman–Crippen LogP) is 2.87. The molecule has 2 N–H and O–H groups in total. The number of benzene rings is 1. The monoisotopic (exact) mass is 209 g/mol. The summed E-state index contributed by atoms with van der Waals surface area (Å²) in [6.45, 7) is 5.72. The standard InChI is InChI=1S/C11H15NO3/c1-7(2)15-9-4-5-10(8(3)6-9)12-11(13)14/h4-7,12H,1-3H3,(H,13,14). The molecule has 82 valence electrons. The first kappa shape index (κ1) is 11.4. The molecule has 0 bridgehead atoms. The lowest BCUT2D eigenvalue weighted by Crippen LogP contribution is -2.09. The van der Waals surface area contributed by atoms with E-state index in [4.69, 9.17) is 9.84 Å². The summed E-state index contributed by atoms with van der Waals surface area (Å²) in [5.41, 5.74) is 1.43. The van der Waals surface area contributed by atoms with Gasteiger partial charge in [-0.2, -0.15) is 0 Å². The van der Waals surface area contributed by atoms with Crippen LogP contribution in [-0.4, -0.2) is 17.3 Å². The molecule has 0 aliphatic carbocycles. The molecule has 1 rings (SSSR count). The van der Waals surface area contributed by atoms with Crippen LogP contribution in [0.1, 0.15) is 19.4 Å². The second kappa shape index (κ2) is 4.68. The van der Waals surface area contributed by atoms with Gasteiger partial charge in [0.25, 0.3) is 0 Å². The Bertz CT molecular complexity index is 361. The molecule has 1 aromatic rings. The van der Waals surface area contributed by atoms with Gasteiger partial charge in [0.2, 0.25) is 0 Å². The van der Waals surface area contributed by atoms with Gasteiger partial charge < -0.3 is 9.84 Å². The maximum atomic E-state index is 10.4. The van der Waals surface area contributed by atoms with E-state index in [1.54, 1.807) is 12.1 Å². The minimum absolute atomic E-state index is 0.114. The van der Waals surface area contributed by atoms with E-state index in [9.17, 15) is 4.79 Å². The molecule has 0 heterocycles. The molecule has 0 radical (unpaired) electrons. The molecule has 0 aromatic heterocycles. The van der Waals surface area contributed by atoms with E-state index in [2.05, 4.69) is 5.32 Å². The van der Waals surface area contributed by atoms with Crippen LogP contribution in [0.15, 0.2) is 18.2 Å². The van der Waals surface area contributed by atoms with Crippen molar-refractivity contribution in [2.24, 2.45) is 0 Å². The molecule has 0 aliphatic heterocycles. The fraction of sp³-hybridized carbons (Fsp3) is 0.364. The van der Waals surface area contributed by atoms with E-state index < -0.39 is 6.09 Å². The molecule has 4 nitrogen and oxygen atoms in total. The molecule has 0 aliphatic rings. The molecule has 0 fully saturated rings. The van der Waals surface area contributed by atoms with Gasteiger partial charge in [0, 0.05) is 5.69 Å². The van der Waals surface area contributed by atoms with Gasteiger partial charge in [0.05, 0.1) is 6.10 Å². The Morgan fingerprint density at radius 2 is 2.13 bits per heavy atom. The second-order valence-corrected chi connectivity index (χ2v) is 3.57. The average molecular weight is 209 g/mol. The van der Waals surface area contributed by atoms with Crippen LogP contribution in [0.2, 0.25) is 0 Å². The zero-order valence-electron chi connectivity index (χ0n) is 9.07. The van der Waals surface area contributed by atoms with Gasteiger partial charge in [-0.05, 0) is 44.5 Å². The number of carbonyl (C=O) groups is 1. The summed E-state index contributed by atoms with van der Waals surface area (Å²) in [6.07, 6.45) is -0.946. The van der Waals surface area contributed by atoms with Crippen LogP contribution in [-0.2, 0) is 0 Å².